The molecule has 1 fully saturated rings. The van der Waals surface area contributed by atoms with Gasteiger partial charge >= 0.3 is 0 Å². The van der Waals surface area contributed by atoms with Crippen LogP contribution in [0.1, 0.15) is 19.8 Å². The summed E-state index contributed by atoms with van der Waals surface area (Å²) >= 11 is 0. The maximum atomic E-state index is 3.67. The van der Waals surface area contributed by atoms with Crippen LogP contribution >= 0.6 is 0 Å². The van der Waals surface area contributed by atoms with Crippen LogP contribution in [0.5, 0.6) is 0 Å². The molecule has 2 heteroatoms. The fourth-order valence-corrected chi connectivity index (χ4v) is 3.09. The Labute approximate surface area is 93.7 Å². The van der Waals surface area contributed by atoms with E-state index in [1.807, 2.05) is 0 Å². The molecule has 4 unspecified atom stereocenters. The third-order valence-corrected chi connectivity index (χ3v) is 3.78. The van der Waals surface area contributed by atoms with Crippen molar-refractivity contribution in [3.63, 3.8) is 0 Å². The normalized spacial score (nSPS) is 35.3. The average molecular weight is 208 g/mol. The van der Waals surface area contributed by atoms with Crippen LogP contribution < -0.4 is 5.32 Å². The summed E-state index contributed by atoms with van der Waals surface area (Å²) in [5, 5.41) is 3.67. The van der Waals surface area contributed by atoms with Gasteiger partial charge in [0.1, 0.15) is 0 Å². The zero-order valence-corrected chi connectivity index (χ0v) is 10.2. The molecule has 0 aromatic heterocycles. The van der Waals surface area contributed by atoms with E-state index in [1.54, 1.807) is 0 Å². The molecule has 2 aliphatic carbocycles. The van der Waals surface area contributed by atoms with E-state index in [1.165, 1.54) is 19.4 Å². The summed E-state index contributed by atoms with van der Waals surface area (Å²) in [6.07, 6.45) is 7.71. The summed E-state index contributed by atoms with van der Waals surface area (Å²) in [6, 6.07) is 0.614. The van der Waals surface area contributed by atoms with Crippen molar-refractivity contribution in [2.75, 3.05) is 27.2 Å². The van der Waals surface area contributed by atoms with E-state index in [0.717, 1.165) is 24.3 Å². The smallest absolute Gasteiger partial charge is 0.0166 e. The molecule has 1 N–H and O–H groups in total. The van der Waals surface area contributed by atoms with Crippen molar-refractivity contribution in [2.24, 2.45) is 17.8 Å². The first-order valence-electron chi connectivity index (χ1n) is 6.21. The van der Waals surface area contributed by atoms with Gasteiger partial charge in [0.05, 0.1) is 0 Å². The highest BCUT2D eigenvalue weighted by atomic mass is 15.1. The van der Waals surface area contributed by atoms with Crippen molar-refractivity contribution in [3.05, 3.63) is 12.2 Å². The highest BCUT2D eigenvalue weighted by molar-refractivity contribution is 5.10. The third-order valence-electron chi connectivity index (χ3n) is 3.78. The molecule has 0 heterocycles. The maximum absolute atomic E-state index is 3.67. The summed E-state index contributed by atoms with van der Waals surface area (Å²) in [6.45, 7) is 4.63. The minimum absolute atomic E-state index is 0.614. The number of likely N-dealkylation sites (N-methyl/N-ethyl adjacent to an activating group) is 1. The van der Waals surface area contributed by atoms with Crippen molar-refractivity contribution < 1.29 is 0 Å². The van der Waals surface area contributed by atoms with Gasteiger partial charge in [-0.2, -0.15) is 0 Å². The molecule has 2 rings (SSSR count). The third kappa shape index (κ3) is 2.82. The first-order chi connectivity index (χ1) is 7.15. The van der Waals surface area contributed by atoms with E-state index in [-0.39, 0.29) is 0 Å². The number of fused-ring (bicyclic) bond motifs is 2. The molecule has 2 bridgehead atoms. The number of nitrogens with one attached hydrogen (secondary N) is 1. The minimum atomic E-state index is 0.614. The van der Waals surface area contributed by atoms with E-state index in [9.17, 15) is 0 Å². The molecule has 0 spiro atoms. The molecule has 4 atom stereocenters. The Morgan fingerprint density at radius 1 is 1.33 bits per heavy atom. The van der Waals surface area contributed by atoms with Crippen molar-refractivity contribution in [1.82, 2.24) is 10.2 Å². The minimum Gasteiger partial charge on any atom is -0.313 e. The lowest BCUT2D eigenvalue weighted by Crippen LogP contribution is -2.39. The largest absolute Gasteiger partial charge is 0.313 e. The maximum Gasteiger partial charge on any atom is 0.0166 e. The number of nitrogens with zero attached hydrogens (tertiary/aromatic N) is 1. The van der Waals surface area contributed by atoms with Gasteiger partial charge in [-0.3, -0.25) is 0 Å². The monoisotopic (exact) mass is 208 g/mol. The fourth-order valence-electron chi connectivity index (χ4n) is 3.09. The molecular formula is C13H24N2. The zero-order valence-electron chi connectivity index (χ0n) is 10.2. The molecular weight excluding hydrogens is 184 g/mol. The lowest BCUT2D eigenvalue weighted by Gasteiger charge is -2.23. The topological polar surface area (TPSA) is 15.3 Å². The molecule has 2 aliphatic rings. The van der Waals surface area contributed by atoms with Gasteiger partial charge in [-0.15, -0.1) is 0 Å². The predicted octanol–water partition coefficient (Wildman–Crippen LogP) is 1.74. The average Bonchev–Trinajstić information content (AvgIpc) is 2.74. The SMILES string of the molecule is CC(CN(C)C)NCC1CC2C=CC1C2. The van der Waals surface area contributed by atoms with Crippen molar-refractivity contribution in [1.29, 1.82) is 0 Å². The van der Waals surface area contributed by atoms with Gasteiger partial charge in [-0.05, 0) is 58.2 Å². The molecule has 0 aliphatic heterocycles. The van der Waals surface area contributed by atoms with E-state index >= 15 is 0 Å². The first kappa shape index (κ1) is 11.2. The van der Waals surface area contributed by atoms with Gasteiger partial charge in [0.25, 0.3) is 0 Å². The molecule has 1 saturated carbocycles. The second kappa shape index (κ2) is 4.67. The highest BCUT2D eigenvalue weighted by Crippen LogP contribution is 2.42. The van der Waals surface area contributed by atoms with Gasteiger partial charge in [-0.1, -0.05) is 12.2 Å². The van der Waals surface area contributed by atoms with Gasteiger partial charge < -0.3 is 10.2 Å². The zero-order chi connectivity index (χ0) is 10.8. The van der Waals surface area contributed by atoms with Gasteiger partial charge in [0.15, 0.2) is 0 Å². The van der Waals surface area contributed by atoms with E-state index in [0.29, 0.717) is 6.04 Å². The van der Waals surface area contributed by atoms with Crippen LogP contribution in [0.4, 0.5) is 0 Å². The second-order valence-electron chi connectivity index (χ2n) is 5.61. The van der Waals surface area contributed by atoms with Crippen LogP contribution in [0, 0.1) is 17.8 Å². The van der Waals surface area contributed by atoms with Crippen molar-refractivity contribution in [3.8, 4) is 0 Å². The van der Waals surface area contributed by atoms with Gasteiger partial charge in [0.2, 0.25) is 0 Å². The molecule has 0 amide bonds. The quantitative estimate of drug-likeness (QED) is 0.692. The summed E-state index contributed by atoms with van der Waals surface area (Å²) < 4.78 is 0. The van der Waals surface area contributed by atoms with Crippen LogP contribution in [0.2, 0.25) is 0 Å². The first-order valence-corrected chi connectivity index (χ1v) is 6.21. The number of hydrogen-bond donors (Lipinski definition) is 1. The molecule has 15 heavy (non-hydrogen) atoms. The Bertz CT molecular complexity index is 235. The summed E-state index contributed by atoms with van der Waals surface area (Å²) in [5.41, 5.74) is 0. The van der Waals surface area contributed by atoms with Crippen molar-refractivity contribution >= 4 is 0 Å². The second-order valence-corrected chi connectivity index (χ2v) is 5.61. The highest BCUT2D eigenvalue weighted by Gasteiger charge is 2.35. The van der Waals surface area contributed by atoms with E-state index in [2.05, 4.69) is 43.4 Å². The number of hydrogen-bond acceptors (Lipinski definition) is 2. The van der Waals surface area contributed by atoms with Gasteiger partial charge in [-0.25, -0.2) is 0 Å². The summed E-state index contributed by atoms with van der Waals surface area (Å²) in [7, 11) is 4.27. The van der Waals surface area contributed by atoms with Crippen molar-refractivity contribution in [2.45, 2.75) is 25.8 Å². The van der Waals surface area contributed by atoms with Crippen LogP contribution in [-0.4, -0.2) is 38.1 Å². The number of allylic oxidation sites excluding steroid dienone is 2. The van der Waals surface area contributed by atoms with Crippen LogP contribution in [0.25, 0.3) is 0 Å². The van der Waals surface area contributed by atoms with Crippen LogP contribution in [0.3, 0.4) is 0 Å². The Morgan fingerprint density at radius 3 is 2.67 bits per heavy atom. The Morgan fingerprint density at radius 2 is 2.13 bits per heavy atom. The standard InChI is InChI=1S/C13H24N2/c1-10(9-15(2)3)14-8-13-7-11-4-5-12(13)6-11/h4-5,10-14H,6-9H2,1-3H3. The van der Waals surface area contributed by atoms with Crippen LogP contribution in [0.15, 0.2) is 12.2 Å². The molecule has 0 radical (unpaired) electrons. The molecule has 86 valence electrons. The molecule has 0 aromatic rings. The van der Waals surface area contributed by atoms with E-state index < -0.39 is 0 Å². The fraction of sp³-hybridized carbons (Fsp3) is 0.846. The van der Waals surface area contributed by atoms with E-state index in [4.69, 9.17) is 0 Å². The molecule has 2 nitrogen and oxygen atoms in total. The summed E-state index contributed by atoms with van der Waals surface area (Å²) in [4.78, 5) is 2.25. The Kier molecular flexibility index (Phi) is 3.47. The lowest BCUT2D eigenvalue weighted by molar-refractivity contribution is 0.323. The van der Waals surface area contributed by atoms with Crippen LogP contribution in [-0.2, 0) is 0 Å². The summed E-state index contributed by atoms with van der Waals surface area (Å²) in [5.74, 6) is 2.70. The predicted molar refractivity (Wildman–Crippen MR) is 64.9 cm³/mol. The Hall–Kier alpha value is -0.340. The lowest BCUT2D eigenvalue weighted by atomic mass is 9.93. The van der Waals surface area contributed by atoms with Gasteiger partial charge in [0, 0.05) is 12.6 Å². The Balaban J connectivity index is 1.68. The molecule has 0 saturated heterocycles. The number of rotatable bonds is 5. The molecule has 0 aromatic carbocycles.